The number of aromatic nitrogens is 4. The van der Waals surface area contributed by atoms with E-state index in [4.69, 9.17) is 18.8 Å². The lowest BCUT2D eigenvalue weighted by atomic mass is 9.96. The predicted molar refractivity (Wildman–Crippen MR) is 225 cm³/mol. The Bertz CT molecular complexity index is 3910. The molecule has 56 heavy (non-hydrogen) atoms. The highest BCUT2D eigenvalue weighted by Crippen LogP contribution is 2.41. The highest BCUT2D eigenvalue weighted by molar-refractivity contribution is 6.29. The van der Waals surface area contributed by atoms with Crippen molar-refractivity contribution in [1.29, 1.82) is 0 Å². The Kier molecular flexibility index (Phi) is 5.51. The summed E-state index contributed by atoms with van der Waals surface area (Å²) in [5.74, 6) is 0. The van der Waals surface area contributed by atoms with Crippen LogP contribution in [0.25, 0.3) is 120 Å². The second kappa shape index (κ2) is 10.4. The van der Waals surface area contributed by atoms with Crippen molar-refractivity contribution in [2.45, 2.75) is 0 Å². The van der Waals surface area contributed by atoms with Crippen LogP contribution in [0.5, 0.6) is 0 Å². The highest BCUT2D eigenvalue weighted by atomic mass is 16.3. The monoisotopic (exact) mass is 720 g/mol. The van der Waals surface area contributed by atoms with Gasteiger partial charge >= 0.3 is 0 Å². The maximum absolute atomic E-state index is 13.4. The first-order valence-corrected chi connectivity index (χ1v) is 18.4. The van der Waals surface area contributed by atoms with Gasteiger partial charge in [0.25, 0.3) is 11.1 Å². The molecule has 0 saturated carbocycles. The van der Waals surface area contributed by atoms with E-state index in [1.54, 1.807) is 8.80 Å². The first-order valence-electron chi connectivity index (χ1n) is 18.4. The molecule has 8 heteroatoms. The predicted octanol–water partition coefficient (Wildman–Crippen LogP) is 11.0. The van der Waals surface area contributed by atoms with Gasteiger partial charge < -0.3 is 8.83 Å². The smallest absolute Gasteiger partial charge is 0.264 e. The summed E-state index contributed by atoms with van der Waals surface area (Å²) in [7, 11) is 0. The van der Waals surface area contributed by atoms with Crippen molar-refractivity contribution in [3.05, 3.63) is 166 Å². The molecule has 0 amide bonds. The Balaban J connectivity index is 0.000000118. The van der Waals surface area contributed by atoms with Gasteiger partial charge in [-0.1, -0.05) is 72.8 Å². The van der Waals surface area contributed by atoms with Crippen molar-refractivity contribution in [1.82, 2.24) is 18.8 Å². The van der Waals surface area contributed by atoms with Gasteiger partial charge in [-0.2, -0.15) is 0 Å². The zero-order valence-corrected chi connectivity index (χ0v) is 29.3. The lowest BCUT2D eigenvalue weighted by Crippen LogP contribution is -2.13. The summed E-state index contributed by atoms with van der Waals surface area (Å²) in [6, 6.07) is 47.5. The van der Waals surface area contributed by atoms with Gasteiger partial charge in [-0.3, -0.25) is 18.4 Å². The summed E-state index contributed by atoms with van der Waals surface area (Å²) >= 11 is 0. The third-order valence-corrected chi connectivity index (χ3v) is 11.5. The summed E-state index contributed by atoms with van der Waals surface area (Å²) in [5, 5.41) is 11.4. The molecule has 8 aromatic carbocycles. The molecular formula is C48H24N4O4. The van der Waals surface area contributed by atoms with Gasteiger partial charge in [0.1, 0.15) is 33.6 Å². The molecule has 0 N–H and O–H groups in total. The van der Waals surface area contributed by atoms with Crippen LogP contribution in [-0.2, 0) is 0 Å². The van der Waals surface area contributed by atoms with E-state index in [0.29, 0.717) is 22.1 Å². The molecule has 0 unspecified atom stereocenters. The third-order valence-electron chi connectivity index (χ3n) is 11.5. The minimum Gasteiger partial charge on any atom is -0.456 e. The van der Waals surface area contributed by atoms with Crippen molar-refractivity contribution in [2.24, 2.45) is 0 Å². The third kappa shape index (κ3) is 3.67. The molecule has 6 aromatic heterocycles. The summed E-state index contributed by atoms with van der Waals surface area (Å²) in [5.41, 5.74) is 7.87. The van der Waals surface area contributed by atoms with E-state index < -0.39 is 0 Å². The topological polar surface area (TPSA) is 95.0 Å². The first-order chi connectivity index (χ1) is 27.6. The molecule has 0 atom stereocenters. The van der Waals surface area contributed by atoms with Crippen LogP contribution in [-0.4, -0.2) is 18.8 Å². The fourth-order valence-electron chi connectivity index (χ4n) is 9.13. The SMILES string of the molecule is O=c1c2ccc3c4ccccc4oc4ccc(c2c43)c2nc3ccccc3n12.O=c1c2ccc3oc4ccccc4c4ccc(c2c34)c2nc3ccccc3n12. The lowest BCUT2D eigenvalue weighted by Gasteiger charge is -2.12. The van der Waals surface area contributed by atoms with E-state index in [1.165, 1.54) is 0 Å². The number of hydrogen-bond acceptors (Lipinski definition) is 6. The largest absolute Gasteiger partial charge is 0.456 e. The van der Waals surface area contributed by atoms with Crippen LogP contribution in [0.4, 0.5) is 0 Å². The molecule has 0 aliphatic carbocycles. The Morgan fingerprint density at radius 3 is 1.25 bits per heavy atom. The second-order valence-electron chi connectivity index (χ2n) is 14.4. The van der Waals surface area contributed by atoms with Crippen LogP contribution < -0.4 is 11.1 Å². The summed E-state index contributed by atoms with van der Waals surface area (Å²) in [6.07, 6.45) is 0. The zero-order chi connectivity index (χ0) is 36.8. The van der Waals surface area contributed by atoms with E-state index in [2.05, 4.69) is 24.3 Å². The van der Waals surface area contributed by atoms with E-state index in [1.807, 2.05) is 121 Å². The maximum Gasteiger partial charge on any atom is 0.264 e. The van der Waals surface area contributed by atoms with Crippen LogP contribution in [0.15, 0.2) is 164 Å². The standard InChI is InChI=1S/2C24H12N2O2/c27-24-16-10-9-14-13-5-1-4-8-19(13)28-20-12-11-15(21(16)22(14)20)23-25-17-6-2-3-7-18(17)26(23)24;27-24-16-11-12-20-22-14(13-5-1-4-8-19(13)28-20)9-10-15(21(16)22)23-25-17-6-2-3-7-18(17)26(23)24/h2*1-12H. The maximum atomic E-state index is 13.4. The number of nitrogens with zero attached hydrogens (tertiary/aromatic N) is 4. The average molecular weight is 721 g/mol. The molecule has 0 spiro atoms. The number of hydrogen-bond donors (Lipinski definition) is 0. The fourth-order valence-corrected chi connectivity index (χ4v) is 9.13. The molecule has 0 aliphatic heterocycles. The van der Waals surface area contributed by atoms with E-state index in [9.17, 15) is 9.59 Å². The van der Waals surface area contributed by atoms with Crippen molar-refractivity contribution < 1.29 is 8.83 Å². The molecule has 260 valence electrons. The van der Waals surface area contributed by atoms with Gasteiger partial charge in [0.05, 0.1) is 22.1 Å². The van der Waals surface area contributed by atoms with Crippen LogP contribution in [0, 0.1) is 0 Å². The van der Waals surface area contributed by atoms with Crippen molar-refractivity contribution >= 4 is 120 Å². The first kappa shape index (κ1) is 29.6. The van der Waals surface area contributed by atoms with E-state index >= 15 is 0 Å². The number of rotatable bonds is 0. The van der Waals surface area contributed by atoms with Crippen LogP contribution >= 0.6 is 0 Å². The van der Waals surface area contributed by atoms with E-state index in [-0.39, 0.29) is 11.1 Å². The minimum atomic E-state index is -0.0428. The van der Waals surface area contributed by atoms with Gasteiger partial charge in [0.15, 0.2) is 0 Å². The Labute approximate surface area is 313 Å². The number of para-hydroxylation sites is 6. The quantitative estimate of drug-likeness (QED) is 0.114. The molecule has 0 saturated heterocycles. The Morgan fingerprint density at radius 1 is 0.339 bits per heavy atom. The molecular weight excluding hydrogens is 697 g/mol. The van der Waals surface area contributed by atoms with Gasteiger partial charge in [-0.15, -0.1) is 0 Å². The number of fused-ring (bicyclic) bond motifs is 12. The van der Waals surface area contributed by atoms with Gasteiger partial charge in [-0.05, 0) is 83.6 Å². The molecule has 6 heterocycles. The highest BCUT2D eigenvalue weighted by Gasteiger charge is 2.21. The molecule has 0 bridgehead atoms. The zero-order valence-electron chi connectivity index (χ0n) is 29.3. The fraction of sp³-hybridized carbons (Fsp3) is 0. The second-order valence-corrected chi connectivity index (χ2v) is 14.4. The van der Waals surface area contributed by atoms with E-state index in [0.717, 1.165) is 98.3 Å². The summed E-state index contributed by atoms with van der Waals surface area (Å²) < 4.78 is 15.8. The normalized spacial score (nSPS) is 12.4. The van der Waals surface area contributed by atoms with Gasteiger partial charge in [0.2, 0.25) is 0 Å². The molecule has 0 radical (unpaired) electrons. The number of benzene rings is 8. The lowest BCUT2D eigenvalue weighted by molar-refractivity contribution is 0.662. The van der Waals surface area contributed by atoms with Crippen LogP contribution in [0.1, 0.15) is 0 Å². The average Bonchev–Trinajstić information content (AvgIpc) is 3.84. The molecule has 0 aliphatic rings. The van der Waals surface area contributed by atoms with Crippen LogP contribution in [0.2, 0.25) is 0 Å². The molecule has 0 fully saturated rings. The Hall–Kier alpha value is -7.84. The van der Waals surface area contributed by atoms with Crippen molar-refractivity contribution in [3.63, 3.8) is 0 Å². The minimum absolute atomic E-state index is 0.0428. The number of imidazole rings is 2. The van der Waals surface area contributed by atoms with Gasteiger partial charge in [-0.25, -0.2) is 9.97 Å². The Morgan fingerprint density at radius 2 is 0.732 bits per heavy atom. The van der Waals surface area contributed by atoms with Crippen molar-refractivity contribution in [3.8, 4) is 0 Å². The van der Waals surface area contributed by atoms with Crippen molar-refractivity contribution in [2.75, 3.05) is 0 Å². The molecule has 14 aromatic rings. The number of pyridine rings is 2. The summed E-state index contributed by atoms with van der Waals surface area (Å²) in [4.78, 5) is 36.4. The molecule has 14 rings (SSSR count). The van der Waals surface area contributed by atoms with Gasteiger partial charge in [0, 0.05) is 53.9 Å². The van der Waals surface area contributed by atoms with Crippen LogP contribution in [0.3, 0.4) is 0 Å². The molecule has 8 nitrogen and oxygen atoms in total. The summed E-state index contributed by atoms with van der Waals surface area (Å²) in [6.45, 7) is 0.